The molecule has 24 heavy (non-hydrogen) atoms. The van der Waals surface area contributed by atoms with Crippen LogP contribution in [0.2, 0.25) is 0 Å². The molecule has 8 nitrogen and oxygen atoms in total. The number of aromatic nitrogens is 4. The summed E-state index contributed by atoms with van der Waals surface area (Å²) in [5.74, 6) is 1.65. The Hall–Kier alpha value is -2.19. The Labute approximate surface area is 142 Å². The van der Waals surface area contributed by atoms with Crippen molar-refractivity contribution in [1.82, 2.24) is 24.8 Å². The zero-order chi connectivity index (χ0) is 16.9. The van der Waals surface area contributed by atoms with Crippen molar-refractivity contribution in [2.45, 2.75) is 26.1 Å². The number of nitrogens with zero attached hydrogens (tertiary/aromatic N) is 5. The third kappa shape index (κ3) is 3.65. The molecule has 0 unspecified atom stereocenters. The second-order valence-electron chi connectivity index (χ2n) is 6.04. The van der Waals surface area contributed by atoms with Gasteiger partial charge in [-0.2, -0.15) is 4.98 Å². The van der Waals surface area contributed by atoms with Crippen LogP contribution in [0, 0.1) is 0 Å². The van der Waals surface area contributed by atoms with Crippen LogP contribution in [0.3, 0.4) is 0 Å². The van der Waals surface area contributed by atoms with E-state index in [1.165, 1.54) is 5.56 Å². The number of fused-ring (bicyclic) bond motifs is 1. The van der Waals surface area contributed by atoms with Crippen LogP contribution in [-0.4, -0.2) is 53.9 Å². The fraction of sp³-hybridized carbons (Fsp3) is 0.562. The molecule has 0 bridgehead atoms. The van der Waals surface area contributed by atoms with Gasteiger partial charge in [0, 0.05) is 46.1 Å². The van der Waals surface area contributed by atoms with Crippen LogP contribution in [0.1, 0.15) is 17.0 Å². The van der Waals surface area contributed by atoms with Gasteiger partial charge in [-0.3, -0.25) is 0 Å². The molecule has 0 amide bonds. The average molecular weight is 331 g/mol. The summed E-state index contributed by atoms with van der Waals surface area (Å²) in [6.45, 7) is 3.88. The first-order valence-electron chi connectivity index (χ1n) is 8.18. The van der Waals surface area contributed by atoms with Crippen LogP contribution >= 0.6 is 0 Å². The second kappa shape index (κ2) is 7.59. The quantitative estimate of drug-likeness (QED) is 0.771. The van der Waals surface area contributed by atoms with E-state index in [4.69, 9.17) is 9.72 Å². The van der Waals surface area contributed by atoms with E-state index in [9.17, 15) is 0 Å². The van der Waals surface area contributed by atoms with Crippen molar-refractivity contribution in [2.24, 2.45) is 0 Å². The summed E-state index contributed by atoms with van der Waals surface area (Å²) in [6.07, 6.45) is 4.65. The predicted octanol–water partition coefficient (Wildman–Crippen LogP) is 0.643. The fourth-order valence-corrected chi connectivity index (χ4v) is 2.75. The molecule has 0 saturated carbocycles. The summed E-state index contributed by atoms with van der Waals surface area (Å²) in [5.41, 5.74) is 3.40. The molecule has 1 aliphatic rings. The Kier molecular flexibility index (Phi) is 5.27. The molecule has 0 atom stereocenters. The zero-order valence-corrected chi connectivity index (χ0v) is 14.5. The monoisotopic (exact) mass is 331 g/mol. The minimum absolute atomic E-state index is 0.669. The molecule has 0 radical (unpaired) electrons. The van der Waals surface area contributed by atoms with Crippen LogP contribution in [0.5, 0.6) is 0 Å². The molecule has 3 rings (SSSR count). The number of hydrogen-bond donors (Lipinski definition) is 2. The highest BCUT2D eigenvalue weighted by Crippen LogP contribution is 2.23. The van der Waals surface area contributed by atoms with Gasteiger partial charge in [-0.1, -0.05) is 0 Å². The largest absolute Gasteiger partial charge is 0.383 e. The van der Waals surface area contributed by atoms with Gasteiger partial charge in [-0.15, -0.1) is 0 Å². The molecule has 0 spiro atoms. The molecule has 8 heteroatoms. The van der Waals surface area contributed by atoms with Gasteiger partial charge in [0.1, 0.15) is 5.82 Å². The van der Waals surface area contributed by atoms with Crippen LogP contribution in [0.15, 0.2) is 12.5 Å². The van der Waals surface area contributed by atoms with Crippen molar-refractivity contribution in [3.05, 3.63) is 29.5 Å². The Morgan fingerprint density at radius 2 is 2.25 bits per heavy atom. The maximum absolute atomic E-state index is 5.15. The fourth-order valence-electron chi connectivity index (χ4n) is 2.75. The number of anilines is 2. The van der Waals surface area contributed by atoms with Crippen LogP contribution in [0.25, 0.3) is 0 Å². The standard InChI is InChI=1S/C16H25N7O/c1-22(2)16-20-14-10-17-5-4-13(14)15(21-16)19-9-12-8-18-11-23(12)6-7-24-3/h8,11,17H,4-7,9-10H2,1-3H3,(H,19,20,21). The predicted molar refractivity (Wildman–Crippen MR) is 93.2 cm³/mol. The minimum atomic E-state index is 0.669. The molecule has 0 aromatic carbocycles. The molecule has 0 fully saturated rings. The molecule has 2 N–H and O–H groups in total. The molecule has 2 aromatic rings. The van der Waals surface area contributed by atoms with Crippen molar-refractivity contribution in [1.29, 1.82) is 0 Å². The third-order valence-electron chi connectivity index (χ3n) is 4.10. The van der Waals surface area contributed by atoms with Gasteiger partial charge in [0.15, 0.2) is 0 Å². The van der Waals surface area contributed by atoms with Crippen molar-refractivity contribution >= 4 is 11.8 Å². The van der Waals surface area contributed by atoms with Crippen LogP contribution in [0.4, 0.5) is 11.8 Å². The van der Waals surface area contributed by atoms with E-state index in [1.807, 2.05) is 31.5 Å². The molecule has 130 valence electrons. The van der Waals surface area contributed by atoms with E-state index in [0.717, 1.165) is 49.2 Å². The van der Waals surface area contributed by atoms with Gasteiger partial charge in [-0.25, -0.2) is 9.97 Å². The Morgan fingerprint density at radius 3 is 3.04 bits per heavy atom. The number of methoxy groups -OCH3 is 1. The van der Waals surface area contributed by atoms with Crippen molar-refractivity contribution < 1.29 is 4.74 Å². The van der Waals surface area contributed by atoms with E-state index in [2.05, 4.69) is 25.2 Å². The summed E-state index contributed by atoms with van der Waals surface area (Å²) in [4.78, 5) is 15.5. The van der Waals surface area contributed by atoms with Gasteiger partial charge >= 0.3 is 0 Å². The highest BCUT2D eigenvalue weighted by atomic mass is 16.5. The maximum atomic E-state index is 5.15. The first-order valence-corrected chi connectivity index (χ1v) is 8.18. The van der Waals surface area contributed by atoms with Crippen molar-refractivity contribution in [3.8, 4) is 0 Å². The smallest absolute Gasteiger partial charge is 0.227 e. The highest BCUT2D eigenvalue weighted by Gasteiger charge is 2.18. The van der Waals surface area contributed by atoms with Gasteiger partial charge < -0.3 is 24.8 Å². The van der Waals surface area contributed by atoms with E-state index in [-0.39, 0.29) is 0 Å². The van der Waals surface area contributed by atoms with Gasteiger partial charge in [0.2, 0.25) is 5.95 Å². The molecular formula is C16H25N7O. The van der Waals surface area contributed by atoms with Gasteiger partial charge in [0.25, 0.3) is 0 Å². The second-order valence-corrected chi connectivity index (χ2v) is 6.04. The molecule has 0 saturated heterocycles. The van der Waals surface area contributed by atoms with Crippen molar-refractivity contribution in [2.75, 3.05) is 44.6 Å². The number of ether oxygens (including phenoxy) is 1. The van der Waals surface area contributed by atoms with E-state index >= 15 is 0 Å². The number of nitrogens with one attached hydrogen (secondary N) is 2. The number of rotatable bonds is 7. The summed E-state index contributed by atoms with van der Waals surface area (Å²) >= 11 is 0. The lowest BCUT2D eigenvalue weighted by molar-refractivity contribution is 0.186. The lowest BCUT2D eigenvalue weighted by Gasteiger charge is -2.22. The first kappa shape index (κ1) is 16.7. The summed E-state index contributed by atoms with van der Waals surface area (Å²) in [7, 11) is 5.63. The minimum Gasteiger partial charge on any atom is -0.383 e. The normalized spacial score (nSPS) is 13.6. The Morgan fingerprint density at radius 1 is 1.38 bits per heavy atom. The SMILES string of the molecule is COCCn1cncc1CNc1nc(N(C)C)nc2c1CCNC2. The average Bonchev–Trinajstić information content (AvgIpc) is 3.04. The van der Waals surface area contributed by atoms with E-state index < -0.39 is 0 Å². The molecular weight excluding hydrogens is 306 g/mol. The maximum Gasteiger partial charge on any atom is 0.227 e. The van der Waals surface area contributed by atoms with Gasteiger partial charge in [-0.05, 0) is 13.0 Å². The number of imidazole rings is 1. The van der Waals surface area contributed by atoms with Gasteiger partial charge in [0.05, 0.1) is 30.9 Å². The summed E-state index contributed by atoms with van der Waals surface area (Å²) in [6, 6.07) is 0. The summed E-state index contributed by atoms with van der Waals surface area (Å²) < 4.78 is 7.24. The molecule has 2 aromatic heterocycles. The topological polar surface area (TPSA) is 80.1 Å². The Bertz CT molecular complexity index is 683. The lowest BCUT2D eigenvalue weighted by Crippen LogP contribution is -2.28. The van der Waals surface area contributed by atoms with Crippen molar-refractivity contribution in [3.63, 3.8) is 0 Å². The van der Waals surface area contributed by atoms with Crippen LogP contribution in [-0.2, 0) is 30.8 Å². The highest BCUT2D eigenvalue weighted by molar-refractivity contribution is 5.52. The lowest BCUT2D eigenvalue weighted by atomic mass is 10.1. The zero-order valence-electron chi connectivity index (χ0n) is 14.5. The van der Waals surface area contributed by atoms with E-state index in [0.29, 0.717) is 13.2 Å². The summed E-state index contributed by atoms with van der Waals surface area (Å²) in [5, 5.41) is 6.85. The Balaban J connectivity index is 1.79. The van der Waals surface area contributed by atoms with E-state index in [1.54, 1.807) is 7.11 Å². The first-order chi connectivity index (χ1) is 11.7. The van der Waals surface area contributed by atoms with Crippen LogP contribution < -0.4 is 15.5 Å². The number of hydrogen-bond acceptors (Lipinski definition) is 7. The molecule has 0 aliphatic carbocycles. The third-order valence-corrected chi connectivity index (χ3v) is 4.10. The molecule has 3 heterocycles. The molecule has 1 aliphatic heterocycles.